The van der Waals surface area contributed by atoms with Crippen LogP contribution in [0.15, 0.2) is 60.7 Å². The molecule has 0 atom stereocenters. The van der Waals surface area contributed by atoms with E-state index in [0.29, 0.717) is 19.0 Å². The lowest BCUT2D eigenvalue weighted by Gasteiger charge is -2.28. The van der Waals surface area contributed by atoms with Crippen molar-refractivity contribution in [2.24, 2.45) is 0 Å². The summed E-state index contributed by atoms with van der Waals surface area (Å²) >= 11 is 0. The molecule has 2 heterocycles. The van der Waals surface area contributed by atoms with Gasteiger partial charge in [-0.05, 0) is 12.1 Å². The molecule has 27 heavy (non-hydrogen) atoms. The molecule has 0 radical (unpaired) electrons. The van der Waals surface area contributed by atoms with Crippen molar-refractivity contribution in [3.05, 3.63) is 60.7 Å². The van der Waals surface area contributed by atoms with Gasteiger partial charge >= 0.3 is 0 Å². The van der Waals surface area contributed by atoms with Crippen molar-refractivity contribution in [2.75, 3.05) is 43.6 Å². The van der Waals surface area contributed by atoms with Crippen molar-refractivity contribution in [2.45, 2.75) is 0 Å². The fourth-order valence-electron chi connectivity index (χ4n) is 3.02. The number of methoxy groups -OCH3 is 1. The Balaban J connectivity index is 1.70. The van der Waals surface area contributed by atoms with Gasteiger partial charge in [0.15, 0.2) is 5.82 Å². The van der Waals surface area contributed by atoms with E-state index in [2.05, 4.69) is 10.2 Å². The lowest BCUT2D eigenvalue weighted by atomic mass is 10.2. The molecule has 1 aromatic heterocycles. The first-order valence-corrected chi connectivity index (χ1v) is 9.00. The molecule has 0 spiro atoms. The van der Waals surface area contributed by atoms with Crippen molar-refractivity contribution in [3.63, 3.8) is 0 Å². The van der Waals surface area contributed by atoms with Crippen LogP contribution in [0.3, 0.4) is 0 Å². The van der Waals surface area contributed by atoms with E-state index in [4.69, 9.17) is 19.4 Å². The highest BCUT2D eigenvalue weighted by molar-refractivity contribution is 5.66. The van der Waals surface area contributed by atoms with Crippen LogP contribution in [0.4, 0.5) is 17.3 Å². The first-order valence-electron chi connectivity index (χ1n) is 9.00. The van der Waals surface area contributed by atoms with E-state index in [1.54, 1.807) is 7.11 Å². The molecule has 0 saturated carbocycles. The van der Waals surface area contributed by atoms with Crippen LogP contribution >= 0.6 is 0 Å². The Labute approximate surface area is 158 Å². The van der Waals surface area contributed by atoms with Crippen LogP contribution in [0.2, 0.25) is 0 Å². The summed E-state index contributed by atoms with van der Waals surface area (Å²) < 4.78 is 10.8. The summed E-state index contributed by atoms with van der Waals surface area (Å²) in [5.41, 5.74) is 1.90. The summed E-state index contributed by atoms with van der Waals surface area (Å²) in [5, 5.41) is 3.38. The second-order valence-corrected chi connectivity index (χ2v) is 6.26. The number of aromatic nitrogens is 2. The maximum Gasteiger partial charge on any atom is 0.163 e. The minimum absolute atomic E-state index is 0.699. The highest BCUT2D eigenvalue weighted by Gasteiger charge is 2.16. The molecule has 1 fully saturated rings. The molecule has 1 saturated heterocycles. The zero-order valence-corrected chi connectivity index (χ0v) is 15.3. The number of morpholine rings is 1. The van der Waals surface area contributed by atoms with Crippen molar-refractivity contribution >= 4 is 17.3 Å². The second kappa shape index (κ2) is 8.05. The lowest BCUT2D eigenvalue weighted by Crippen LogP contribution is -2.36. The summed E-state index contributed by atoms with van der Waals surface area (Å²) in [6, 6.07) is 19.8. The Morgan fingerprint density at radius 1 is 0.963 bits per heavy atom. The minimum Gasteiger partial charge on any atom is -0.497 e. The van der Waals surface area contributed by atoms with Crippen LogP contribution in [0, 0.1) is 0 Å². The summed E-state index contributed by atoms with van der Waals surface area (Å²) in [6.45, 7) is 3.07. The van der Waals surface area contributed by atoms with Gasteiger partial charge in [0.05, 0.1) is 20.3 Å². The number of ether oxygens (including phenoxy) is 2. The molecule has 1 aliphatic heterocycles. The number of hydrogen-bond acceptors (Lipinski definition) is 6. The fourth-order valence-corrected chi connectivity index (χ4v) is 3.02. The molecular weight excluding hydrogens is 340 g/mol. The van der Waals surface area contributed by atoms with Gasteiger partial charge in [-0.1, -0.05) is 36.4 Å². The van der Waals surface area contributed by atoms with Crippen molar-refractivity contribution in [1.29, 1.82) is 0 Å². The lowest BCUT2D eigenvalue weighted by molar-refractivity contribution is 0.122. The molecule has 3 aromatic rings. The zero-order valence-electron chi connectivity index (χ0n) is 15.3. The summed E-state index contributed by atoms with van der Waals surface area (Å²) in [4.78, 5) is 11.8. The van der Waals surface area contributed by atoms with Gasteiger partial charge in [0.2, 0.25) is 0 Å². The Kier molecular flexibility index (Phi) is 5.16. The van der Waals surface area contributed by atoms with Gasteiger partial charge in [0.1, 0.15) is 17.4 Å². The third kappa shape index (κ3) is 4.17. The number of anilines is 3. The molecule has 1 N–H and O–H groups in total. The minimum atomic E-state index is 0.699. The standard InChI is InChI=1S/C21H22N4O2/c1-26-18-9-5-8-17(14-18)22-19-15-20(25-10-12-27-13-11-25)24-21(23-19)16-6-3-2-4-7-16/h2-9,14-15H,10-13H2,1H3,(H,22,23,24). The van der Waals surface area contributed by atoms with Crippen LogP contribution < -0.4 is 15.0 Å². The van der Waals surface area contributed by atoms with E-state index in [1.807, 2.05) is 60.7 Å². The first kappa shape index (κ1) is 17.3. The predicted octanol–water partition coefficient (Wildman–Crippen LogP) is 3.73. The van der Waals surface area contributed by atoms with Gasteiger partial charge in [-0.2, -0.15) is 0 Å². The first-order chi connectivity index (χ1) is 13.3. The average molecular weight is 362 g/mol. The van der Waals surface area contributed by atoms with E-state index in [1.165, 1.54) is 0 Å². The Bertz CT molecular complexity index is 896. The number of nitrogens with zero attached hydrogens (tertiary/aromatic N) is 3. The SMILES string of the molecule is COc1cccc(Nc2cc(N3CCOCC3)nc(-c3ccccc3)n2)c1. The molecule has 4 rings (SSSR count). The molecule has 1 aliphatic rings. The maximum absolute atomic E-state index is 5.47. The van der Waals surface area contributed by atoms with E-state index in [9.17, 15) is 0 Å². The number of hydrogen-bond donors (Lipinski definition) is 1. The Hall–Kier alpha value is -3.12. The van der Waals surface area contributed by atoms with Gasteiger partial charge < -0.3 is 19.7 Å². The van der Waals surface area contributed by atoms with Gasteiger partial charge in [-0.15, -0.1) is 0 Å². The van der Waals surface area contributed by atoms with Gasteiger partial charge in [0, 0.05) is 36.5 Å². The maximum atomic E-state index is 5.47. The normalized spacial score (nSPS) is 14.0. The Morgan fingerprint density at radius 2 is 1.78 bits per heavy atom. The molecular formula is C21H22N4O2. The molecule has 0 bridgehead atoms. The van der Waals surface area contributed by atoms with Crippen LogP contribution in [0.25, 0.3) is 11.4 Å². The third-order valence-electron chi connectivity index (χ3n) is 4.42. The molecule has 0 amide bonds. The summed E-state index contributed by atoms with van der Waals surface area (Å²) in [7, 11) is 1.66. The highest BCUT2D eigenvalue weighted by atomic mass is 16.5. The number of rotatable bonds is 5. The zero-order chi connectivity index (χ0) is 18.5. The molecule has 6 heteroatoms. The van der Waals surface area contributed by atoms with Crippen molar-refractivity contribution in [1.82, 2.24) is 9.97 Å². The van der Waals surface area contributed by atoms with E-state index in [-0.39, 0.29) is 0 Å². The number of nitrogens with one attached hydrogen (secondary N) is 1. The second-order valence-electron chi connectivity index (χ2n) is 6.26. The molecule has 0 unspecified atom stereocenters. The van der Waals surface area contributed by atoms with Gasteiger partial charge in [-0.25, -0.2) is 9.97 Å². The molecule has 138 valence electrons. The molecule has 2 aromatic carbocycles. The topological polar surface area (TPSA) is 59.5 Å². The van der Waals surface area contributed by atoms with Crippen LogP contribution in [-0.2, 0) is 4.74 Å². The van der Waals surface area contributed by atoms with Crippen molar-refractivity contribution in [3.8, 4) is 17.1 Å². The smallest absolute Gasteiger partial charge is 0.163 e. The summed E-state index contributed by atoms with van der Waals surface area (Å²) in [5.74, 6) is 3.15. The van der Waals surface area contributed by atoms with Crippen LogP contribution in [0.5, 0.6) is 5.75 Å². The quantitative estimate of drug-likeness (QED) is 0.746. The summed E-state index contributed by atoms with van der Waals surface area (Å²) in [6.07, 6.45) is 0. The van der Waals surface area contributed by atoms with E-state index in [0.717, 1.165) is 41.7 Å². The van der Waals surface area contributed by atoms with E-state index < -0.39 is 0 Å². The fraction of sp³-hybridized carbons (Fsp3) is 0.238. The van der Waals surface area contributed by atoms with Crippen LogP contribution in [0.1, 0.15) is 0 Å². The van der Waals surface area contributed by atoms with Gasteiger partial charge in [0.25, 0.3) is 0 Å². The largest absolute Gasteiger partial charge is 0.497 e. The average Bonchev–Trinajstić information content (AvgIpc) is 2.75. The van der Waals surface area contributed by atoms with Gasteiger partial charge in [-0.3, -0.25) is 0 Å². The highest BCUT2D eigenvalue weighted by Crippen LogP contribution is 2.26. The molecule has 0 aliphatic carbocycles. The van der Waals surface area contributed by atoms with Crippen molar-refractivity contribution < 1.29 is 9.47 Å². The Morgan fingerprint density at radius 3 is 2.56 bits per heavy atom. The third-order valence-corrected chi connectivity index (χ3v) is 4.42. The van der Waals surface area contributed by atoms with Crippen LogP contribution in [-0.4, -0.2) is 43.4 Å². The number of benzene rings is 2. The monoisotopic (exact) mass is 362 g/mol. The van der Waals surface area contributed by atoms with E-state index >= 15 is 0 Å². The molecule has 6 nitrogen and oxygen atoms in total. The predicted molar refractivity (Wildman–Crippen MR) is 107 cm³/mol.